The van der Waals surface area contributed by atoms with Gasteiger partial charge in [-0.15, -0.1) is 0 Å². The summed E-state index contributed by atoms with van der Waals surface area (Å²) in [6.07, 6.45) is 0.280. The van der Waals surface area contributed by atoms with Crippen molar-refractivity contribution in [2.45, 2.75) is 59.2 Å². The molecular formula is C17H25BO4. The van der Waals surface area contributed by atoms with Gasteiger partial charge in [-0.3, -0.25) is 4.79 Å². The lowest BCUT2D eigenvalue weighted by Gasteiger charge is -2.32. The van der Waals surface area contributed by atoms with Crippen molar-refractivity contribution in [3.8, 4) is 0 Å². The highest BCUT2D eigenvalue weighted by atomic mass is 16.7. The maximum atomic E-state index is 11.4. The first-order valence-corrected chi connectivity index (χ1v) is 7.60. The summed E-state index contributed by atoms with van der Waals surface area (Å²) in [4.78, 5) is 11.4. The topological polar surface area (TPSA) is 44.8 Å². The molecule has 0 radical (unpaired) electrons. The Morgan fingerprint density at radius 2 is 1.55 bits per heavy atom. The van der Waals surface area contributed by atoms with Crippen LogP contribution in [0.3, 0.4) is 0 Å². The Morgan fingerprint density at radius 1 is 1.09 bits per heavy atom. The molecule has 0 atom stereocenters. The van der Waals surface area contributed by atoms with Gasteiger partial charge in [-0.05, 0) is 52.6 Å². The second-order valence-corrected chi connectivity index (χ2v) is 6.98. The van der Waals surface area contributed by atoms with E-state index in [0.717, 1.165) is 22.2 Å². The van der Waals surface area contributed by atoms with E-state index in [1.165, 1.54) is 7.11 Å². The van der Waals surface area contributed by atoms with Crippen molar-refractivity contribution in [2.24, 2.45) is 0 Å². The van der Waals surface area contributed by atoms with Crippen molar-refractivity contribution in [2.75, 3.05) is 7.11 Å². The molecule has 0 N–H and O–H groups in total. The summed E-state index contributed by atoms with van der Waals surface area (Å²) in [6.45, 7) is 12.2. The van der Waals surface area contributed by atoms with E-state index in [0.29, 0.717) is 0 Å². The van der Waals surface area contributed by atoms with Crippen molar-refractivity contribution in [3.63, 3.8) is 0 Å². The van der Waals surface area contributed by atoms with Gasteiger partial charge in [-0.25, -0.2) is 0 Å². The Morgan fingerprint density at radius 3 is 1.95 bits per heavy atom. The third-order valence-corrected chi connectivity index (χ3v) is 4.72. The lowest BCUT2D eigenvalue weighted by Crippen LogP contribution is -2.41. The molecule has 0 saturated carbocycles. The maximum Gasteiger partial charge on any atom is 0.495 e. The summed E-state index contributed by atoms with van der Waals surface area (Å²) < 4.78 is 17.0. The largest absolute Gasteiger partial charge is 0.495 e. The molecule has 1 fully saturated rings. The number of hydrogen-bond acceptors (Lipinski definition) is 4. The fraction of sp³-hybridized carbons (Fsp3) is 0.588. The van der Waals surface area contributed by atoms with Crippen molar-refractivity contribution in [3.05, 3.63) is 28.8 Å². The number of methoxy groups -OCH3 is 1. The first-order chi connectivity index (χ1) is 10.1. The lowest BCUT2D eigenvalue weighted by molar-refractivity contribution is -0.139. The van der Waals surface area contributed by atoms with E-state index in [1.54, 1.807) is 0 Å². The van der Waals surface area contributed by atoms with Crippen LogP contribution in [0.15, 0.2) is 12.1 Å². The van der Waals surface area contributed by atoms with Gasteiger partial charge in [0.2, 0.25) is 0 Å². The predicted octanol–water partition coefficient (Wildman–Crippen LogP) is 2.32. The zero-order chi connectivity index (χ0) is 16.7. The maximum absolute atomic E-state index is 11.4. The average Bonchev–Trinajstić information content (AvgIpc) is 2.56. The van der Waals surface area contributed by atoms with Crippen LogP contribution < -0.4 is 5.46 Å². The molecule has 4 nitrogen and oxygen atoms in total. The number of benzene rings is 1. The zero-order valence-electron chi connectivity index (χ0n) is 14.6. The van der Waals surface area contributed by atoms with Crippen LogP contribution in [0, 0.1) is 13.8 Å². The predicted molar refractivity (Wildman–Crippen MR) is 87.4 cm³/mol. The number of hydrogen-bond donors (Lipinski definition) is 0. The molecule has 1 heterocycles. The van der Waals surface area contributed by atoms with Crippen LogP contribution in [0.25, 0.3) is 0 Å². The summed E-state index contributed by atoms with van der Waals surface area (Å²) in [5.74, 6) is -0.234. The second-order valence-electron chi connectivity index (χ2n) is 6.98. The number of rotatable bonds is 3. The fourth-order valence-electron chi connectivity index (χ4n) is 2.74. The molecule has 2 rings (SSSR count). The highest BCUT2D eigenvalue weighted by molar-refractivity contribution is 6.63. The zero-order valence-corrected chi connectivity index (χ0v) is 14.6. The second kappa shape index (κ2) is 5.71. The molecule has 1 aliphatic heterocycles. The van der Waals surface area contributed by atoms with Crippen molar-refractivity contribution in [1.29, 1.82) is 0 Å². The number of carbonyl (C=O) groups excluding carboxylic acids is 1. The molecular weight excluding hydrogens is 279 g/mol. The van der Waals surface area contributed by atoms with E-state index in [-0.39, 0.29) is 30.7 Å². The summed E-state index contributed by atoms with van der Waals surface area (Å²) in [5.41, 5.74) is 3.41. The molecule has 5 heteroatoms. The van der Waals surface area contributed by atoms with Crippen LogP contribution in [0.2, 0.25) is 0 Å². The average molecular weight is 304 g/mol. The van der Waals surface area contributed by atoms with Crippen LogP contribution in [0.5, 0.6) is 0 Å². The van der Waals surface area contributed by atoms with E-state index in [4.69, 9.17) is 14.0 Å². The van der Waals surface area contributed by atoms with E-state index in [9.17, 15) is 4.79 Å². The summed E-state index contributed by atoms with van der Waals surface area (Å²) >= 11 is 0. The Balaban J connectivity index is 2.32. The van der Waals surface area contributed by atoms with E-state index in [1.807, 2.05) is 53.7 Å². The molecule has 0 spiro atoms. The minimum absolute atomic E-state index is 0.234. The Bertz CT molecular complexity index is 553. The fourth-order valence-corrected chi connectivity index (χ4v) is 2.74. The van der Waals surface area contributed by atoms with Crippen LogP contribution in [-0.2, 0) is 25.3 Å². The lowest BCUT2D eigenvalue weighted by atomic mass is 9.73. The van der Waals surface area contributed by atoms with Crippen LogP contribution in [0.4, 0.5) is 0 Å². The molecule has 120 valence electrons. The summed E-state index contributed by atoms with van der Waals surface area (Å²) in [7, 11) is 1.03. The minimum atomic E-state index is -0.378. The molecule has 0 aliphatic carbocycles. The van der Waals surface area contributed by atoms with Gasteiger partial charge in [-0.2, -0.15) is 0 Å². The number of aryl methyl sites for hydroxylation is 2. The third kappa shape index (κ3) is 3.06. The molecule has 0 bridgehead atoms. The molecule has 1 aliphatic rings. The normalized spacial score (nSPS) is 19.3. The van der Waals surface area contributed by atoms with Gasteiger partial charge in [0.1, 0.15) is 0 Å². The Hall–Kier alpha value is -1.33. The van der Waals surface area contributed by atoms with Crippen LogP contribution in [0.1, 0.15) is 44.4 Å². The van der Waals surface area contributed by atoms with Gasteiger partial charge in [0.05, 0.1) is 24.7 Å². The quantitative estimate of drug-likeness (QED) is 0.635. The Kier molecular flexibility index (Phi) is 4.42. The number of carbonyl (C=O) groups is 1. The first-order valence-electron chi connectivity index (χ1n) is 7.60. The molecule has 0 unspecified atom stereocenters. The van der Waals surface area contributed by atoms with E-state index in [2.05, 4.69) is 0 Å². The smallest absolute Gasteiger partial charge is 0.469 e. The number of ether oxygens (including phenoxy) is 1. The molecule has 0 aromatic heterocycles. The molecule has 1 aromatic rings. The van der Waals surface area contributed by atoms with Crippen molar-refractivity contribution in [1.82, 2.24) is 0 Å². The van der Waals surface area contributed by atoms with Gasteiger partial charge in [0.15, 0.2) is 0 Å². The van der Waals surface area contributed by atoms with Gasteiger partial charge in [0.25, 0.3) is 0 Å². The molecule has 1 aromatic carbocycles. The van der Waals surface area contributed by atoms with Gasteiger partial charge >= 0.3 is 13.1 Å². The minimum Gasteiger partial charge on any atom is -0.469 e. The van der Waals surface area contributed by atoms with Crippen LogP contribution in [-0.4, -0.2) is 31.4 Å². The molecule has 0 amide bonds. The van der Waals surface area contributed by atoms with Crippen LogP contribution >= 0.6 is 0 Å². The Labute approximate surface area is 133 Å². The number of esters is 1. The van der Waals surface area contributed by atoms with Crippen molar-refractivity contribution < 1.29 is 18.8 Å². The monoisotopic (exact) mass is 304 g/mol. The van der Waals surface area contributed by atoms with Gasteiger partial charge in [-0.1, -0.05) is 23.3 Å². The highest BCUT2D eigenvalue weighted by Gasteiger charge is 2.52. The SMILES string of the molecule is COC(=O)Cc1cc(C)c(B2OC(C)(C)C(C)(C)O2)c(C)c1. The van der Waals surface area contributed by atoms with Gasteiger partial charge in [0, 0.05) is 0 Å². The van der Waals surface area contributed by atoms with Crippen molar-refractivity contribution >= 4 is 18.6 Å². The van der Waals surface area contributed by atoms with Gasteiger partial charge < -0.3 is 14.0 Å². The van der Waals surface area contributed by atoms with E-state index >= 15 is 0 Å². The first kappa shape index (κ1) is 17.0. The molecule has 22 heavy (non-hydrogen) atoms. The summed E-state index contributed by atoms with van der Waals surface area (Å²) in [6, 6.07) is 4.01. The third-order valence-electron chi connectivity index (χ3n) is 4.72. The van der Waals surface area contributed by atoms with E-state index < -0.39 is 0 Å². The standard InChI is InChI=1S/C17H25BO4/c1-11-8-13(10-14(19)20-7)9-12(2)15(11)18-21-16(3,4)17(5,6)22-18/h8-9H,10H2,1-7H3. The summed E-state index contributed by atoms with van der Waals surface area (Å²) in [5, 5.41) is 0. The highest BCUT2D eigenvalue weighted by Crippen LogP contribution is 2.37. The molecule has 1 saturated heterocycles.